The number of imidazole rings is 1. The van der Waals surface area contributed by atoms with Crippen LogP contribution in [0.4, 0.5) is 11.5 Å². The predicted molar refractivity (Wildman–Crippen MR) is 219 cm³/mol. The summed E-state index contributed by atoms with van der Waals surface area (Å²) in [5, 5.41) is 7.55. The number of pyridine rings is 1. The summed E-state index contributed by atoms with van der Waals surface area (Å²) in [6, 6.07) is 16.1. The van der Waals surface area contributed by atoms with E-state index in [4.69, 9.17) is 34.7 Å². The molecule has 13 nitrogen and oxygen atoms in total. The first-order valence-corrected chi connectivity index (χ1v) is 19.6. The van der Waals surface area contributed by atoms with E-state index in [1.54, 1.807) is 7.11 Å². The Bertz CT molecular complexity index is 1830. The summed E-state index contributed by atoms with van der Waals surface area (Å²) in [5.41, 5.74) is 10.5. The van der Waals surface area contributed by atoms with Gasteiger partial charge in [-0.25, -0.2) is 9.97 Å². The Morgan fingerprint density at radius 1 is 0.891 bits per heavy atom. The highest BCUT2D eigenvalue weighted by molar-refractivity contribution is 6.06. The van der Waals surface area contributed by atoms with Gasteiger partial charge >= 0.3 is 5.97 Å². The smallest absolute Gasteiger partial charge is 0.308 e. The number of para-hydroxylation sites is 1. The topological polar surface area (TPSA) is 164 Å². The van der Waals surface area contributed by atoms with Crippen LogP contribution in [0.2, 0.25) is 0 Å². The number of carbonyl (C=O) groups excluding carboxylic acids is 2. The number of unbranched alkanes of at least 4 members (excludes halogenated alkanes) is 2. The van der Waals surface area contributed by atoms with E-state index in [1.165, 1.54) is 0 Å². The van der Waals surface area contributed by atoms with Crippen LogP contribution >= 0.6 is 0 Å². The van der Waals surface area contributed by atoms with Crippen LogP contribution in [-0.2, 0) is 48.0 Å². The number of ether oxygens (including phenoxy) is 4. The molecule has 0 unspecified atom stereocenters. The summed E-state index contributed by atoms with van der Waals surface area (Å²) in [4.78, 5) is 39.0. The molecule has 0 aliphatic rings. The van der Waals surface area contributed by atoms with Gasteiger partial charge in [-0.2, -0.15) is 0 Å². The highest BCUT2D eigenvalue weighted by atomic mass is 16.6. The van der Waals surface area contributed by atoms with Gasteiger partial charge in [0.15, 0.2) is 5.82 Å². The molecule has 2 aromatic carbocycles. The van der Waals surface area contributed by atoms with E-state index in [0.29, 0.717) is 58.4 Å². The third-order valence-electron chi connectivity index (χ3n) is 8.72. The lowest BCUT2D eigenvalue weighted by molar-refractivity contribution is -0.156. The van der Waals surface area contributed by atoms with Gasteiger partial charge in [-0.15, -0.1) is 0 Å². The first-order valence-electron chi connectivity index (χ1n) is 19.6. The Hall–Kier alpha value is -4.59. The van der Waals surface area contributed by atoms with Gasteiger partial charge < -0.3 is 39.9 Å². The molecule has 2 heterocycles. The van der Waals surface area contributed by atoms with Gasteiger partial charge in [-0.3, -0.25) is 14.6 Å². The largest absolute Gasteiger partial charge is 0.460 e. The molecule has 0 spiro atoms. The lowest BCUT2D eigenvalue weighted by Crippen LogP contribution is -2.24. The van der Waals surface area contributed by atoms with E-state index in [2.05, 4.69) is 33.2 Å². The molecule has 0 saturated carbocycles. The molecule has 0 aliphatic heterocycles. The zero-order valence-electron chi connectivity index (χ0n) is 33.5. The van der Waals surface area contributed by atoms with Crippen LogP contribution in [0, 0.1) is 0 Å². The minimum Gasteiger partial charge on any atom is -0.460 e. The van der Waals surface area contributed by atoms with Gasteiger partial charge in [0.1, 0.15) is 22.8 Å². The number of methoxy groups -OCH3 is 1. The van der Waals surface area contributed by atoms with Crippen LogP contribution < -0.4 is 16.4 Å². The van der Waals surface area contributed by atoms with E-state index >= 15 is 0 Å². The highest BCUT2D eigenvalue weighted by Crippen LogP contribution is 2.29. The van der Waals surface area contributed by atoms with Crippen molar-refractivity contribution in [2.75, 3.05) is 57.7 Å². The number of rotatable bonds is 24. The number of nitrogens with two attached hydrogens (primary N) is 1. The number of hydrogen-bond acceptors (Lipinski definition) is 10. The van der Waals surface area contributed by atoms with Crippen LogP contribution in [0.5, 0.6) is 0 Å². The molecule has 0 bridgehead atoms. The minimum absolute atomic E-state index is 0.0702. The van der Waals surface area contributed by atoms with Crippen molar-refractivity contribution in [3.8, 4) is 0 Å². The summed E-state index contributed by atoms with van der Waals surface area (Å²) < 4.78 is 23.9. The van der Waals surface area contributed by atoms with Crippen molar-refractivity contribution < 1.29 is 28.5 Å². The fourth-order valence-electron chi connectivity index (χ4n) is 6.06. The lowest BCUT2D eigenvalue weighted by Gasteiger charge is -2.19. The Labute approximate surface area is 325 Å². The van der Waals surface area contributed by atoms with Crippen LogP contribution in [0.25, 0.3) is 21.9 Å². The molecule has 300 valence electrons. The maximum Gasteiger partial charge on any atom is 0.308 e. The molecule has 55 heavy (non-hydrogen) atoms. The zero-order valence-corrected chi connectivity index (χ0v) is 33.5. The first-order chi connectivity index (χ1) is 26.6. The number of amidine groups is 1. The van der Waals surface area contributed by atoms with E-state index in [0.717, 1.165) is 89.9 Å². The molecule has 0 saturated heterocycles. The average molecular weight is 760 g/mol. The molecule has 13 heteroatoms. The number of amides is 1. The minimum atomic E-state index is -0.514. The number of aryl methyl sites for hydroxylation is 2. The number of esters is 1. The molecule has 0 fully saturated rings. The predicted octanol–water partition coefficient (Wildman–Crippen LogP) is 7.00. The number of nitrogens with zero attached hydrogens (tertiary/aromatic N) is 4. The van der Waals surface area contributed by atoms with Gasteiger partial charge in [0.2, 0.25) is 5.91 Å². The SMILES string of the molecule is CCCCc1nc2c(N)nc3ccccc3c2n1CCCCN=C(CCCOCCC(=O)OC(C)(C)C)Nc1cccc(CNC(=O)CCOCCOC)c1. The van der Waals surface area contributed by atoms with Gasteiger partial charge in [0.25, 0.3) is 0 Å². The highest BCUT2D eigenvalue weighted by Gasteiger charge is 2.18. The number of fused-ring (bicyclic) bond motifs is 3. The quantitative estimate of drug-likeness (QED) is 0.0293. The number of nitrogens with one attached hydrogen (secondary N) is 2. The summed E-state index contributed by atoms with van der Waals surface area (Å²) in [5.74, 6) is 2.03. The number of aromatic nitrogens is 3. The molecular weight excluding hydrogens is 699 g/mol. The number of anilines is 2. The molecule has 0 aliphatic carbocycles. The van der Waals surface area contributed by atoms with Gasteiger partial charge in [-0.05, 0) is 70.2 Å². The van der Waals surface area contributed by atoms with Crippen molar-refractivity contribution in [1.82, 2.24) is 19.9 Å². The maximum atomic E-state index is 12.3. The van der Waals surface area contributed by atoms with Crippen molar-refractivity contribution >= 4 is 51.2 Å². The first kappa shape index (κ1) is 43.1. The van der Waals surface area contributed by atoms with Gasteiger partial charge in [0.05, 0.1) is 43.9 Å². The molecule has 4 rings (SSSR count). The van der Waals surface area contributed by atoms with Gasteiger partial charge in [-0.1, -0.05) is 43.7 Å². The fourth-order valence-corrected chi connectivity index (χ4v) is 6.06. The number of nitrogen functional groups attached to an aromatic ring is 1. The fraction of sp³-hybridized carbons (Fsp3) is 0.548. The monoisotopic (exact) mass is 759 g/mol. The molecule has 1 amide bonds. The van der Waals surface area contributed by atoms with Crippen LogP contribution in [-0.4, -0.2) is 84.5 Å². The average Bonchev–Trinajstić information content (AvgIpc) is 3.52. The normalized spacial score (nSPS) is 12.1. The maximum absolute atomic E-state index is 12.3. The van der Waals surface area contributed by atoms with Crippen LogP contribution in [0.15, 0.2) is 53.5 Å². The standard InChI is InChI=1S/C42H61N7O6/c1-6-7-19-36-48-39-40(33-16-8-9-17-34(33)47-41(39)43)49(36)23-11-10-22-44-35(18-13-24-53-26-21-38(51)55-42(2,3)4)46-32-15-12-14-31(29-32)30-45-37(50)20-25-54-28-27-52-5/h8-9,12,14-17,29H,6-7,10-11,13,18-28,30H2,1-5H3,(H2,43,47)(H,44,46)(H,45,50). The molecule has 2 aromatic heterocycles. The summed E-state index contributed by atoms with van der Waals surface area (Å²) in [7, 11) is 1.62. The van der Waals surface area contributed by atoms with Crippen molar-refractivity contribution in [2.24, 2.45) is 4.99 Å². The van der Waals surface area contributed by atoms with Crippen molar-refractivity contribution in [3.63, 3.8) is 0 Å². The molecule has 4 aromatic rings. The molecular formula is C42H61N7O6. The van der Waals surface area contributed by atoms with Crippen molar-refractivity contribution in [3.05, 3.63) is 59.9 Å². The van der Waals surface area contributed by atoms with Crippen LogP contribution in [0.1, 0.15) is 90.4 Å². The molecule has 0 radical (unpaired) electrons. The third kappa shape index (κ3) is 14.9. The second-order valence-electron chi connectivity index (χ2n) is 14.5. The summed E-state index contributed by atoms with van der Waals surface area (Å²) >= 11 is 0. The van der Waals surface area contributed by atoms with E-state index in [9.17, 15) is 9.59 Å². The second-order valence-corrected chi connectivity index (χ2v) is 14.5. The Kier molecular flexibility index (Phi) is 17.8. The number of benzene rings is 2. The summed E-state index contributed by atoms with van der Waals surface area (Å²) in [6.07, 6.45) is 6.72. The lowest BCUT2D eigenvalue weighted by atomic mass is 10.1. The third-order valence-corrected chi connectivity index (χ3v) is 8.72. The van der Waals surface area contributed by atoms with Gasteiger partial charge in [0, 0.05) is 63.7 Å². The Morgan fingerprint density at radius 2 is 1.69 bits per heavy atom. The Morgan fingerprint density at radius 3 is 2.49 bits per heavy atom. The van der Waals surface area contributed by atoms with E-state index < -0.39 is 5.60 Å². The van der Waals surface area contributed by atoms with Crippen LogP contribution in [0.3, 0.4) is 0 Å². The Balaban J connectivity index is 1.38. The number of carbonyl (C=O) groups is 2. The molecule has 0 atom stereocenters. The van der Waals surface area contributed by atoms with E-state index in [1.807, 2.05) is 63.2 Å². The molecule has 4 N–H and O–H groups in total. The summed E-state index contributed by atoms with van der Waals surface area (Å²) in [6.45, 7) is 11.7. The second kappa shape index (κ2) is 22.7. The number of hydrogen-bond donors (Lipinski definition) is 3. The van der Waals surface area contributed by atoms with E-state index in [-0.39, 0.29) is 24.7 Å². The zero-order chi connectivity index (χ0) is 39.5. The number of aliphatic imine (C=N–C) groups is 1. The van der Waals surface area contributed by atoms with Crippen molar-refractivity contribution in [1.29, 1.82) is 0 Å². The van der Waals surface area contributed by atoms with Crippen molar-refractivity contribution in [2.45, 2.75) is 104 Å².